The van der Waals surface area contributed by atoms with Gasteiger partial charge in [-0.1, -0.05) is 12.1 Å². The summed E-state index contributed by atoms with van der Waals surface area (Å²) in [6.07, 6.45) is 2.44. The normalized spacial score (nSPS) is 17.4. The smallest absolute Gasteiger partial charge is 0.263 e. The molecule has 2 heterocycles. The maximum Gasteiger partial charge on any atom is 0.263 e. The maximum atomic E-state index is 12.6. The van der Waals surface area contributed by atoms with E-state index in [-0.39, 0.29) is 24.4 Å². The average Bonchev–Trinajstić information content (AvgIpc) is 3.12. The number of nitrogens with zero attached hydrogens (tertiary/aromatic N) is 1. The number of aryl methyl sites for hydroxylation is 1. The Morgan fingerprint density at radius 1 is 1.28 bits per heavy atom. The summed E-state index contributed by atoms with van der Waals surface area (Å²) >= 11 is 0. The summed E-state index contributed by atoms with van der Waals surface area (Å²) in [5, 5.41) is 2.96. The fraction of sp³-hybridized carbons (Fsp3) is 0.368. The van der Waals surface area contributed by atoms with Crippen molar-refractivity contribution < 1.29 is 18.7 Å². The van der Waals surface area contributed by atoms with Gasteiger partial charge in [0.05, 0.1) is 18.5 Å². The number of rotatable bonds is 5. The topological polar surface area (TPSA) is 71.8 Å². The molecule has 1 aromatic heterocycles. The van der Waals surface area contributed by atoms with Gasteiger partial charge in [0.15, 0.2) is 6.10 Å². The molecule has 0 saturated carbocycles. The minimum atomic E-state index is -0.718. The van der Waals surface area contributed by atoms with E-state index in [0.717, 1.165) is 18.6 Å². The number of nitrogens with one attached hydrogen (secondary N) is 1. The number of fused-ring (bicyclic) bond motifs is 1. The molecule has 2 unspecified atom stereocenters. The molecule has 2 aromatic rings. The zero-order valence-electron chi connectivity index (χ0n) is 14.4. The van der Waals surface area contributed by atoms with Crippen LogP contribution < -0.4 is 15.0 Å². The van der Waals surface area contributed by atoms with Crippen LogP contribution in [-0.4, -0.2) is 30.5 Å². The molecule has 1 aliphatic heterocycles. The molecular weight excluding hydrogens is 320 g/mol. The first-order chi connectivity index (χ1) is 12.0. The van der Waals surface area contributed by atoms with Crippen molar-refractivity contribution in [3.8, 4) is 5.75 Å². The van der Waals surface area contributed by atoms with E-state index in [0.29, 0.717) is 11.4 Å². The first-order valence-electron chi connectivity index (χ1n) is 8.41. The predicted octanol–water partition coefficient (Wildman–Crippen LogP) is 2.53. The van der Waals surface area contributed by atoms with Crippen molar-refractivity contribution in [3.63, 3.8) is 0 Å². The van der Waals surface area contributed by atoms with Crippen LogP contribution in [0.1, 0.15) is 26.0 Å². The van der Waals surface area contributed by atoms with E-state index in [1.54, 1.807) is 17.2 Å². The van der Waals surface area contributed by atoms with Gasteiger partial charge >= 0.3 is 0 Å². The molecule has 6 nitrogen and oxygen atoms in total. The molecule has 0 bridgehead atoms. The number of amides is 2. The summed E-state index contributed by atoms with van der Waals surface area (Å²) in [5.74, 6) is 1.12. The second kappa shape index (κ2) is 7.42. The third kappa shape index (κ3) is 4.02. The highest BCUT2D eigenvalue weighted by Gasteiger charge is 2.32. The third-order valence-corrected chi connectivity index (χ3v) is 4.24. The van der Waals surface area contributed by atoms with Crippen molar-refractivity contribution in [1.29, 1.82) is 0 Å². The fourth-order valence-electron chi connectivity index (χ4n) is 2.89. The van der Waals surface area contributed by atoms with Gasteiger partial charge in [-0.2, -0.15) is 0 Å². The number of benzene rings is 1. The average molecular weight is 342 g/mol. The van der Waals surface area contributed by atoms with Crippen LogP contribution in [0.5, 0.6) is 5.75 Å². The Morgan fingerprint density at radius 3 is 2.80 bits per heavy atom. The largest absolute Gasteiger partial charge is 0.477 e. The van der Waals surface area contributed by atoms with E-state index in [9.17, 15) is 9.59 Å². The Morgan fingerprint density at radius 2 is 2.08 bits per heavy atom. The van der Waals surface area contributed by atoms with Crippen LogP contribution in [0.3, 0.4) is 0 Å². The van der Waals surface area contributed by atoms with Gasteiger partial charge in [0.2, 0.25) is 5.91 Å². The molecule has 0 aliphatic carbocycles. The van der Waals surface area contributed by atoms with Gasteiger partial charge in [0.1, 0.15) is 11.5 Å². The van der Waals surface area contributed by atoms with Crippen LogP contribution in [-0.2, 0) is 16.0 Å². The van der Waals surface area contributed by atoms with Gasteiger partial charge < -0.3 is 19.4 Å². The van der Waals surface area contributed by atoms with Gasteiger partial charge in [-0.25, -0.2) is 0 Å². The molecule has 2 atom stereocenters. The van der Waals surface area contributed by atoms with E-state index < -0.39 is 6.10 Å². The van der Waals surface area contributed by atoms with Crippen molar-refractivity contribution in [2.45, 2.75) is 38.8 Å². The lowest BCUT2D eigenvalue weighted by atomic mass is 10.1. The lowest BCUT2D eigenvalue weighted by Crippen LogP contribution is -2.51. The maximum absolute atomic E-state index is 12.6. The number of furan rings is 1. The summed E-state index contributed by atoms with van der Waals surface area (Å²) in [5.41, 5.74) is 0.699. The second-order valence-corrected chi connectivity index (χ2v) is 6.23. The molecule has 2 amide bonds. The van der Waals surface area contributed by atoms with Gasteiger partial charge in [0, 0.05) is 19.4 Å². The highest BCUT2D eigenvalue weighted by atomic mass is 16.5. The Balaban J connectivity index is 1.61. The van der Waals surface area contributed by atoms with Crippen LogP contribution in [0.25, 0.3) is 0 Å². The van der Waals surface area contributed by atoms with Crippen molar-refractivity contribution in [2.24, 2.45) is 0 Å². The SMILES string of the molecule is CC(=O)N1CC(C(=O)NC(C)CCc2ccco2)Oc2ccccc21. The van der Waals surface area contributed by atoms with Crippen molar-refractivity contribution in [2.75, 3.05) is 11.4 Å². The summed E-state index contributed by atoms with van der Waals surface area (Å²) in [6.45, 7) is 3.65. The zero-order valence-corrected chi connectivity index (χ0v) is 14.4. The first-order valence-corrected chi connectivity index (χ1v) is 8.41. The van der Waals surface area contributed by atoms with Crippen LogP contribution in [0, 0.1) is 0 Å². The van der Waals surface area contributed by atoms with Crippen LogP contribution in [0.15, 0.2) is 47.1 Å². The zero-order chi connectivity index (χ0) is 17.8. The number of carbonyl (C=O) groups excluding carboxylic acids is 2. The summed E-state index contributed by atoms with van der Waals surface area (Å²) < 4.78 is 11.1. The van der Waals surface area contributed by atoms with Gasteiger partial charge in [-0.05, 0) is 37.6 Å². The molecule has 0 fully saturated rings. The number of carbonyl (C=O) groups is 2. The minimum Gasteiger partial charge on any atom is -0.477 e. The third-order valence-electron chi connectivity index (χ3n) is 4.24. The number of anilines is 1. The van der Waals surface area contributed by atoms with Crippen molar-refractivity contribution >= 4 is 17.5 Å². The minimum absolute atomic E-state index is 0.0239. The van der Waals surface area contributed by atoms with E-state index in [1.165, 1.54) is 6.92 Å². The number of hydrogen-bond donors (Lipinski definition) is 1. The molecule has 6 heteroatoms. The first kappa shape index (κ1) is 17.1. The molecule has 3 rings (SSSR count). The summed E-state index contributed by atoms with van der Waals surface area (Å²) in [6, 6.07) is 11.0. The van der Waals surface area contributed by atoms with Crippen LogP contribution in [0.2, 0.25) is 0 Å². The highest BCUT2D eigenvalue weighted by Crippen LogP contribution is 2.33. The van der Waals surface area contributed by atoms with Gasteiger partial charge in [-0.15, -0.1) is 0 Å². The lowest BCUT2D eigenvalue weighted by molar-refractivity contribution is -0.128. The van der Waals surface area contributed by atoms with Crippen molar-refractivity contribution in [1.82, 2.24) is 5.32 Å². The van der Waals surface area contributed by atoms with Crippen LogP contribution >= 0.6 is 0 Å². The van der Waals surface area contributed by atoms with Gasteiger partial charge in [-0.3, -0.25) is 9.59 Å². The number of para-hydroxylation sites is 2. The Kier molecular flexibility index (Phi) is 5.07. The number of ether oxygens (including phenoxy) is 1. The standard InChI is InChI=1S/C19H22N2O4/c1-13(9-10-15-6-5-11-24-15)20-19(23)18-12-21(14(2)22)16-7-3-4-8-17(16)25-18/h3-8,11,13,18H,9-10,12H2,1-2H3,(H,20,23). The Bertz CT molecular complexity index is 742. The molecule has 0 saturated heterocycles. The molecule has 1 aliphatic rings. The van der Waals surface area contributed by atoms with Crippen molar-refractivity contribution in [3.05, 3.63) is 48.4 Å². The predicted molar refractivity (Wildman–Crippen MR) is 93.5 cm³/mol. The summed E-state index contributed by atoms with van der Waals surface area (Å²) in [4.78, 5) is 26.0. The molecule has 25 heavy (non-hydrogen) atoms. The highest BCUT2D eigenvalue weighted by molar-refractivity contribution is 5.95. The lowest BCUT2D eigenvalue weighted by Gasteiger charge is -2.34. The Hall–Kier alpha value is -2.76. The van der Waals surface area contributed by atoms with Crippen LogP contribution in [0.4, 0.5) is 5.69 Å². The van der Waals surface area contributed by atoms with E-state index in [4.69, 9.17) is 9.15 Å². The van der Waals surface area contributed by atoms with E-state index in [1.807, 2.05) is 37.3 Å². The molecular formula is C19H22N2O4. The van der Waals surface area contributed by atoms with Gasteiger partial charge in [0.25, 0.3) is 5.91 Å². The molecule has 1 aromatic carbocycles. The summed E-state index contributed by atoms with van der Waals surface area (Å²) in [7, 11) is 0. The molecule has 132 valence electrons. The number of hydrogen-bond acceptors (Lipinski definition) is 4. The monoisotopic (exact) mass is 342 g/mol. The molecule has 1 N–H and O–H groups in total. The molecule has 0 spiro atoms. The van der Waals surface area contributed by atoms with E-state index >= 15 is 0 Å². The fourth-order valence-corrected chi connectivity index (χ4v) is 2.89. The second-order valence-electron chi connectivity index (χ2n) is 6.23. The van der Waals surface area contributed by atoms with E-state index in [2.05, 4.69) is 5.32 Å². The quantitative estimate of drug-likeness (QED) is 0.906. The Labute approximate surface area is 146 Å². The molecule has 0 radical (unpaired) electrons.